The number of rotatable bonds is 2. The van der Waals surface area contributed by atoms with Gasteiger partial charge in [-0.15, -0.1) is 11.3 Å². The zero-order chi connectivity index (χ0) is 8.43. The quantitative estimate of drug-likeness (QED) is 0.738. The van der Waals surface area contributed by atoms with Crippen molar-refractivity contribution in [1.82, 2.24) is 0 Å². The number of aliphatic hydroxyl groups is 1. The highest BCUT2D eigenvalue weighted by atomic mass is 32.1. The van der Waals surface area contributed by atoms with Gasteiger partial charge in [-0.25, -0.2) is 0 Å². The van der Waals surface area contributed by atoms with E-state index in [9.17, 15) is 0 Å². The highest BCUT2D eigenvalue weighted by molar-refractivity contribution is 7.14. The van der Waals surface area contributed by atoms with E-state index in [2.05, 4.69) is 0 Å². The topological polar surface area (TPSA) is 29.5 Å². The van der Waals surface area contributed by atoms with Crippen molar-refractivity contribution in [3.05, 3.63) is 16.0 Å². The van der Waals surface area contributed by atoms with Gasteiger partial charge in [-0.05, 0) is 19.4 Å². The number of aryl methyl sites for hydroxylation is 1. The molecule has 0 aliphatic rings. The van der Waals surface area contributed by atoms with Crippen LogP contribution in [0, 0.1) is 13.8 Å². The Hall–Kier alpha value is -0.540. The molecule has 0 fully saturated rings. The highest BCUT2D eigenvalue weighted by Crippen LogP contribution is 2.33. The lowest BCUT2D eigenvalue weighted by atomic mass is 10.2. The van der Waals surface area contributed by atoms with Gasteiger partial charge in [0, 0.05) is 10.4 Å². The normalized spacial score (nSPS) is 10.2. The summed E-state index contributed by atoms with van der Waals surface area (Å²) < 4.78 is 5.12. The molecule has 0 saturated carbocycles. The van der Waals surface area contributed by atoms with E-state index in [-0.39, 0.29) is 6.61 Å². The van der Waals surface area contributed by atoms with Crippen LogP contribution in [0.4, 0.5) is 0 Å². The van der Waals surface area contributed by atoms with Crippen LogP contribution >= 0.6 is 11.3 Å². The predicted molar refractivity (Wildman–Crippen MR) is 46.3 cm³/mol. The molecule has 3 heteroatoms. The Morgan fingerprint density at radius 1 is 1.45 bits per heavy atom. The molecule has 2 nitrogen and oxygen atoms in total. The maximum atomic E-state index is 8.96. The first-order chi connectivity index (χ1) is 5.20. The highest BCUT2D eigenvalue weighted by Gasteiger charge is 2.10. The van der Waals surface area contributed by atoms with E-state index >= 15 is 0 Å². The van der Waals surface area contributed by atoms with E-state index < -0.39 is 0 Å². The summed E-state index contributed by atoms with van der Waals surface area (Å²) in [6, 6.07) is 0. The lowest BCUT2D eigenvalue weighted by Gasteiger charge is -1.96. The van der Waals surface area contributed by atoms with Crippen molar-refractivity contribution in [2.24, 2.45) is 0 Å². The van der Waals surface area contributed by atoms with Gasteiger partial charge in [0.05, 0.1) is 13.7 Å². The van der Waals surface area contributed by atoms with E-state index in [1.54, 1.807) is 18.4 Å². The first-order valence-corrected chi connectivity index (χ1v) is 4.26. The maximum Gasteiger partial charge on any atom is 0.176 e. The summed E-state index contributed by atoms with van der Waals surface area (Å²) in [5.41, 5.74) is 2.07. The number of thiophene rings is 1. The molecule has 0 unspecified atom stereocenters. The standard InChI is InChI=1S/C8H12O2S/c1-5-7(4-9)6(2)11-8(5)10-3/h9H,4H2,1-3H3. The van der Waals surface area contributed by atoms with Gasteiger partial charge >= 0.3 is 0 Å². The van der Waals surface area contributed by atoms with Crippen LogP contribution in [-0.2, 0) is 6.61 Å². The van der Waals surface area contributed by atoms with Gasteiger partial charge in [0.2, 0.25) is 0 Å². The molecule has 62 valence electrons. The molecular formula is C8H12O2S. The van der Waals surface area contributed by atoms with Crippen molar-refractivity contribution in [1.29, 1.82) is 0 Å². The minimum atomic E-state index is 0.109. The second-order valence-electron chi connectivity index (χ2n) is 2.41. The molecule has 0 bridgehead atoms. The molecular weight excluding hydrogens is 160 g/mol. The fourth-order valence-electron chi connectivity index (χ4n) is 1.09. The summed E-state index contributed by atoms with van der Waals surface area (Å²) in [5.74, 6) is 0. The Bertz CT molecular complexity index is 253. The molecule has 1 aromatic heterocycles. The minimum Gasteiger partial charge on any atom is -0.487 e. The summed E-state index contributed by atoms with van der Waals surface area (Å²) in [6.45, 7) is 4.07. The van der Waals surface area contributed by atoms with Crippen LogP contribution in [0.15, 0.2) is 0 Å². The van der Waals surface area contributed by atoms with E-state index in [1.165, 1.54) is 0 Å². The molecule has 0 aliphatic carbocycles. The van der Waals surface area contributed by atoms with E-state index in [4.69, 9.17) is 9.84 Å². The van der Waals surface area contributed by atoms with Crippen LogP contribution in [0.25, 0.3) is 0 Å². The zero-order valence-electron chi connectivity index (χ0n) is 6.97. The third-order valence-electron chi connectivity index (χ3n) is 1.77. The van der Waals surface area contributed by atoms with E-state index in [0.29, 0.717) is 0 Å². The lowest BCUT2D eigenvalue weighted by molar-refractivity contribution is 0.280. The maximum absolute atomic E-state index is 8.96. The first kappa shape index (κ1) is 8.56. The number of hydrogen-bond donors (Lipinski definition) is 1. The zero-order valence-corrected chi connectivity index (χ0v) is 7.79. The third-order valence-corrected chi connectivity index (χ3v) is 2.98. The lowest BCUT2D eigenvalue weighted by Crippen LogP contribution is -1.86. The summed E-state index contributed by atoms with van der Waals surface area (Å²) in [6.07, 6.45) is 0. The average Bonchev–Trinajstić information content (AvgIpc) is 2.26. The summed E-state index contributed by atoms with van der Waals surface area (Å²) in [7, 11) is 1.65. The van der Waals surface area contributed by atoms with Gasteiger partial charge in [0.1, 0.15) is 0 Å². The van der Waals surface area contributed by atoms with Crippen molar-refractivity contribution in [3.8, 4) is 5.06 Å². The van der Waals surface area contributed by atoms with Gasteiger partial charge in [-0.2, -0.15) is 0 Å². The Morgan fingerprint density at radius 3 is 2.36 bits per heavy atom. The molecule has 0 aromatic carbocycles. The minimum absolute atomic E-state index is 0.109. The fraction of sp³-hybridized carbons (Fsp3) is 0.500. The number of aliphatic hydroxyl groups excluding tert-OH is 1. The smallest absolute Gasteiger partial charge is 0.176 e. The summed E-state index contributed by atoms with van der Waals surface area (Å²) >= 11 is 1.58. The van der Waals surface area contributed by atoms with Gasteiger partial charge in [0.25, 0.3) is 0 Å². The van der Waals surface area contributed by atoms with Crippen molar-refractivity contribution in [3.63, 3.8) is 0 Å². The number of ether oxygens (including phenoxy) is 1. The summed E-state index contributed by atoms with van der Waals surface area (Å²) in [4.78, 5) is 1.14. The molecule has 1 aromatic rings. The van der Waals surface area contributed by atoms with Crippen molar-refractivity contribution < 1.29 is 9.84 Å². The van der Waals surface area contributed by atoms with Crippen LogP contribution in [0.5, 0.6) is 5.06 Å². The van der Waals surface area contributed by atoms with E-state index in [0.717, 1.165) is 21.1 Å². The Morgan fingerprint density at radius 2 is 2.09 bits per heavy atom. The first-order valence-electron chi connectivity index (χ1n) is 3.44. The largest absolute Gasteiger partial charge is 0.487 e. The molecule has 0 atom stereocenters. The van der Waals surface area contributed by atoms with Crippen molar-refractivity contribution in [2.75, 3.05) is 7.11 Å². The van der Waals surface area contributed by atoms with Gasteiger partial charge < -0.3 is 9.84 Å². The van der Waals surface area contributed by atoms with Crippen molar-refractivity contribution in [2.45, 2.75) is 20.5 Å². The Labute approximate surface area is 70.4 Å². The Balaban J connectivity index is 3.14. The number of hydrogen-bond acceptors (Lipinski definition) is 3. The van der Waals surface area contributed by atoms with Gasteiger partial charge in [-0.1, -0.05) is 0 Å². The SMILES string of the molecule is COc1sc(C)c(CO)c1C. The average molecular weight is 172 g/mol. The van der Waals surface area contributed by atoms with Crippen LogP contribution in [-0.4, -0.2) is 12.2 Å². The third kappa shape index (κ3) is 1.39. The second-order valence-corrected chi connectivity index (χ2v) is 3.60. The van der Waals surface area contributed by atoms with E-state index in [1.807, 2.05) is 13.8 Å². The molecule has 0 saturated heterocycles. The monoisotopic (exact) mass is 172 g/mol. The molecule has 0 aliphatic heterocycles. The van der Waals surface area contributed by atoms with Crippen LogP contribution < -0.4 is 4.74 Å². The van der Waals surface area contributed by atoms with Gasteiger partial charge in [0.15, 0.2) is 5.06 Å². The second kappa shape index (κ2) is 3.24. The van der Waals surface area contributed by atoms with Gasteiger partial charge in [-0.3, -0.25) is 0 Å². The van der Waals surface area contributed by atoms with Crippen LogP contribution in [0.1, 0.15) is 16.0 Å². The predicted octanol–water partition coefficient (Wildman–Crippen LogP) is 1.87. The van der Waals surface area contributed by atoms with Crippen LogP contribution in [0.3, 0.4) is 0 Å². The molecule has 1 heterocycles. The van der Waals surface area contributed by atoms with Crippen LogP contribution in [0.2, 0.25) is 0 Å². The van der Waals surface area contributed by atoms with Crippen molar-refractivity contribution >= 4 is 11.3 Å². The molecule has 0 spiro atoms. The fourth-order valence-corrected chi connectivity index (χ4v) is 2.07. The summed E-state index contributed by atoms with van der Waals surface area (Å²) in [5, 5.41) is 9.87. The molecule has 11 heavy (non-hydrogen) atoms. The molecule has 0 amide bonds. The molecule has 1 N–H and O–H groups in total. The molecule has 0 radical (unpaired) electrons. The Kier molecular flexibility index (Phi) is 2.52. The molecule has 1 rings (SSSR count). The number of methoxy groups -OCH3 is 1.